The van der Waals surface area contributed by atoms with Crippen LogP contribution in [0.3, 0.4) is 0 Å². The van der Waals surface area contributed by atoms with Gasteiger partial charge in [-0.05, 0) is 30.2 Å². The molecule has 2 aliphatic rings. The fourth-order valence-electron chi connectivity index (χ4n) is 3.64. The molecule has 4 rings (SSSR count). The van der Waals surface area contributed by atoms with E-state index >= 15 is 0 Å². The molecule has 1 fully saturated rings. The second-order valence-electron chi connectivity index (χ2n) is 7.03. The second kappa shape index (κ2) is 7.33. The molecule has 0 N–H and O–H groups in total. The van der Waals surface area contributed by atoms with Gasteiger partial charge in [0.25, 0.3) is 0 Å². The van der Waals surface area contributed by atoms with Crippen molar-refractivity contribution in [1.29, 1.82) is 0 Å². The lowest BCUT2D eigenvalue weighted by atomic mass is 9.95. The van der Waals surface area contributed by atoms with Gasteiger partial charge in [0.15, 0.2) is 0 Å². The van der Waals surface area contributed by atoms with Crippen LogP contribution in [0.4, 0.5) is 19.0 Å². The summed E-state index contributed by atoms with van der Waals surface area (Å²) in [6.07, 6.45) is -2.88. The van der Waals surface area contributed by atoms with Crippen molar-refractivity contribution >= 4 is 11.7 Å². The maximum absolute atomic E-state index is 12.8. The molecule has 1 aromatic carbocycles. The van der Waals surface area contributed by atoms with Gasteiger partial charge in [-0.2, -0.15) is 13.2 Å². The van der Waals surface area contributed by atoms with E-state index in [9.17, 15) is 18.0 Å². The molecule has 1 saturated heterocycles. The molecule has 2 aliphatic heterocycles. The number of amides is 1. The monoisotopic (exact) mass is 391 g/mol. The summed E-state index contributed by atoms with van der Waals surface area (Å²) in [5.74, 6) is 1.19. The first-order valence-corrected chi connectivity index (χ1v) is 9.19. The molecule has 28 heavy (non-hydrogen) atoms. The third-order valence-corrected chi connectivity index (χ3v) is 5.22. The number of rotatable bonds is 2. The van der Waals surface area contributed by atoms with Crippen LogP contribution in [0.25, 0.3) is 0 Å². The molecule has 0 aliphatic carbocycles. The number of ether oxygens (including phenoxy) is 1. The zero-order valence-electron chi connectivity index (χ0n) is 15.2. The highest BCUT2D eigenvalue weighted by molar-refractivity contribution is 5.80. The molecule has 1 amide bonds. The Kier molecular flexibility index (Phi) is 4.87. The topological polar surface area (TPSA) is 45.7 Å². The molecule has 148 valence electrons. The lowest BCUT2D eigenvalue weighted by Gasteiger charge is -2.37. The number of alkyl halides is 3. The van der Waals surface area contributed by atoms with Crippen LogP contribution >= 0.6 is 0 Å². The Balaban J connectivity index is 1.35. The van der Waals surface area contributed by atoms with Gasteiger partial charge in [0.2, 0.25) is 5.91 Å². The first kappa shape index (κ1) is 18.6. The van der Waals surface area contributed by atoms with E-state index in [0.29, 0.717) is 45.0 Å². The predicted octanol–water partition coefficient (Wildman–Crippen LogP) is 3.00. The van der Waals surface area contributed by atoms with E-state index in [1.165, 1.54) is 6.07 Å². The summed E-state index contributed by atoms with van der Waals surface area (Å²) in [6, 6.07) is 10.2. The van der Waals surface area contributed by atoms with Crippen molar-refractivity contribution in [3.63, 3.8) is 0 Å². The SMILES string of the molecule is O=C(C1COc2ccccc2C1)N1CCN(c2ccc(C(F)(F)F)cn2)CC1. The highest BCUT2D eigenvalue weighted by Gasteiger charge is 2.33. The summed E-state index contributed by atoms with van der Waals surface area (Å²) < 4.78 is 43.7. The number of carbonyl (C=O) groups excluding carboxylic acids is 1. The van der Waals surface area contributed by atoms with Crippen molar-refractivity contribution in [2.75, 3.05) is 37.7 Å². The van der Waals surface area contributed by atoms with Crippen LogP contribution in [-0.4, -0.2) is 48.6 Å². The maximum Gasteiger partial charge on any atom is 0.417 e. The lowest BCUT2D eigenvalue weighted by Crippen LogP contribution is -2.51. The van der Waals surface area contributed by atoms with Gasteiger partial charge >= 0.3 is 6.18 Å². The summed E-state index contributed by atoms with van der Waals surface area (Å²) in [4.78, 5) is 20.5. The maximum atomic E-state index is 12.8. The Morgan fingerprint density at radius 3 is 2.50 bits per heavy atom. The summed E-state index contributed by atoms with van der Waals surface area (Å²) in [7, 11) is 0. The smallest absolute Gasteiger partial charge is 0.417 e. The molecular formula is C20H20F3N3O2. The van der Waals surface area contributed by atoms with Crippen LogP contribution in [0.15, 0.2) is 42.6 Å². The standard InChI is InChI=1S/C20H20F3N3O2/c21-20(22,23)16-5-6-18(24-12-16)25-7-9-26(10-8-25)19(27)15-11-14-3-1-2-4-17(14)28-13-15/h1-6,12,15H,7-11,13H2. The van der Waals surface area contributed by atoms with Crippen molar-refractivity contribution < 1.29 is 22.7 Å². The number of carbonyl (C=O) groups is 1. The zero-order chi connectivity index (χ0) is 19.7. The largest absolute Gasteiger partial charge is 0.492 e. The second-order valence-corrected chi connectivity index (χ2v) is 7.03. The first-order chi connectivity index (χ1) is 13.4. The number of aromatic nitrogens is 1. The number of para-hydroxylation sites is 1. The molecule has 0 bridgehead atoms. The van der Waals surface area contributed by atoms with E-state index < -0.39 is 11.7 Å². The number of hydrogen-bond donors (Lipinski definition) is 0. The number of nitrogens with zero attached hydrogens (tertiary/aromatic N) is 3. The Morgan fingerprint density at radius 2 is 1.82 bits per heavy atom. The minimum Gasteiger partial charge on any atom is -0.492 e. The van der Waals surface area contributed by atoms with Crippen LogP contribution < -0.4 is 9.64 Å². The van der Waals surface area contributed by atoms with E-state index in [1.807, 2.05) is 34.1 Å². The number of anilines is 1. The number of benzene rings is 1. The van der Waals surface area contributed by atoms with Crippen LogP contribution in [0.1, 0.15) is 11.1 Å². The van der Waals surface area contributed by atoms with Crippen molar-refractivity contribution in [2.45, 2.75) is 12.6 Å². The van der Waals surface area contributed by atoms with Crippen LogP contribution in [0.2, 0.25) is 0 Å². The molecule has 2 aromatic rings. The van der Waals surface area contributed by atoms with Gasteiger partial charge in [0.1, 0.15) is 18.2 Å². The summed E-state index contributed by atoms with van der Waals surface area (Å²) >= 11 is 0. The summed E-state index contributed by atoms with van der Waals surface area (Å²) in [6.45, 7) is 2.47. The quantitative estimate of drug-likeness (QED) is 0.790. The minimum absolute atomic E-state index is 0.0644. The molecule has 0 spiro atoms. The highest BCUT2D eigenvalue weighted by Crippen LogP contribution is 2.30. The molecular weight excluding hydrogens is 371 g/mol. The Hall–Kier alpha value is -2.77. The van der Waals surface area contributed by atoms with E-state index in [4.69, 9.17) is 4.74 Å². The normalized spacial score (nSPS) is 19.8. The Bertz CT molecular complexity index is 847. The molecule has 0 radical (unpaired) electrons. The van der Waals surface area contributed by atoms with Crippen LogP contribution in [-0.2, 0) is 17.4 Å². The molecule has 0 saturated carbocycles. The molecule has 3 heterocycles. The average Bonchev–Trinajstić information content (AvgIpc) is 2.72. The number of piperazine rings is 1. The number of halogens is 3. The van der Waals surface area contributed by atoms with Crippen LogP contribution in [0, 0.1) is 5.92 Å². The van der Waals surface area contributed by atoms with Gasteiger partial charge in [-0.1, -0.05) is 18.2 Å². The minimum atomic E-state index is -4.39. The Morgan fingerprint density at radius 1 is 1.07 bits per heavy atom. The van der Waals surface area contributed by atoms with Gasteiger partial charge in [-0.3, -0.25) is 4.79 Å². The van der Waals surface area contributed by atoms with E-state index in [1.54, 1.807) is 0 Å². The van der Waals surface area contributed by atoms with Gasteiger partial charge in [0, 0.05) is 32.4 Å². The lowest BCUT2D eigenvalue weighted by molar-refractivity contribution is -0.138. The third kappa shape index (κ3) is 3.76. The van der Waals surface area contributed by atoms with E-state index in [2.05, 4.69) is 4.98 Å². The highest BCUT2D eigenvalue weighted by atomic mass is 19.4. The first-order valence-electron chi connectivity index (χ1n) is 9.19. The van der Waals surface area contributed by atoms with Crippen molar-refractivity contribution in [2.24, 2.45) is 5.92 Å². The number of fused-ring (bicyclic) bond motifs is 1. The molecule has 8 heteroatoms. The summed E-state index contributed by atoms with van der Waals surface area (Å²) in [5, 5.41) is 0. The van der Waals surface area contributed by atoms with Crippen LogP contribution in [0.5, 0.6) is 5.75 Å². The van der Waals surface area contributed by atoms with E-state index in [0.717, 1.165) is 23.6 Å². The van der Waals surface area contributed by atoms with Crippen molar-refractivity contribution in [3.8, 4) is 5.75 Å². The van der Waals surface area contributed by atoms with Gasteiger partial charge in [-0.25, -0.2) is 4.98 Å². The predicted molar refractivity (Wildman–Crippen MR) is 97.2 cm³/mol. The van der Waals surface area contributed by atoms with Gasteiger partial charge < -0.3 is 14.5 Å². The number of pyridine rings is 1. The fourth-order valence-corrected chi connectivity index (χ4v) is 3.64. The van der Waals surface area contributed by atoms with Gasteiger partial charge in [-0.15, -0.1) is 0 Å². The van der Waals surface area contributed by atoms with Gasteiger partial charge in [0.05, 0.1) is 11.5 Å². The van der Waals surface area contributed by atoms with E-state index in [-0.39, 0.29) is 11.8 Å². The van der Waals surface area contributed by atoms with Crippen molar-refractivity contribution in [1.82, 2.24) is 9.88 Å². The van der Waals surface area contributed by atoms with Crippen molar-refractivity contribution in [3.05, 3.63) is 53.7 Å². The third-order valence-electron chi connectivity index (χ3n) is 5.22. The number of hydrogen-bond acceptors (Lipinski definition) is 4. The fraction of sp³-hybridized carbons (Fsp3) is 0.400. The zero-order valence-corrected chi connectivity index (χ0v) is 15.2. The molecule has 1 atom stereocenters. The molecule has 5 nitrogen and oxygen atoms in total. The Labute approximate surface area is 160 Å². The average molecular weight is 391 g/mol. The molecule has 1 unspecified atom stereocenters. The summed E-state index contributed by atoms with van der Waals surface area (Å²) in [5.41, 5.74) is 0.280. The molecule has 1 aromatic heterocycles.